The molecule has 11 heteroatoms. The summed E-state index contributed by atoms with van der Waals surface area (Å²) in [7, 11) is 0. The van der Waals surface area contributed by atoms with E-state index >= 15 is 0 Å². The van der Waals surface area contributed by atoms with Crippen LogP contribution in [0.2, 0.25) is 0 Å². The predicted molar refractivity (Wildman–Crippen MR) is 103 cm³/mol. The van der Waals surface area contributed by atoms with Gasteiger partial charge in [0.25, 0.3) is 6.10 Å². The Morgan fingerprint density at radius 3 is 2.00 bits per heavy atom. The molecule has 2 aliphatic heterocycles. The van der Waals surface area contributed by atoms with Gasteiger partial charge in [0.1, 0.15) is 0 Å². The molecule has 0 aliphatic carbocycles. The molecule has 1 amide bonds. The number of carbonyl (C=O) groups excluding carboxylic acids is 1. The first-order valence-corrected chi connectivity index (χ1v) is 10.0. The van der Waals surface area contributed by atoms with Crippen LogP contribution in [0.15, 0.2) is 36.1 Å². The van der Waals surface area contributed by atoms with Crippen LogP contribution in [0.4, 0.5) is 31.1 Å². The molecule has 0 aromatic carbocycles. The highest BCUT2D eigenvalue weighted by Crippen LogP contribution is 2.36. The molecule has 176 valence electrons. The van der Waals surface area contributed by atoms with Gasteiger partial charge in [-0.2, -0.15) is 26.3 Å². The number of ether oxygens (including phenoxy) is 1. The largest absolute Gasteiger partial charge is 0.434 e. The summed E-state index contributed by atoms with van der Waals surface area (Å²) in [6.45, 7) is 8.92. The van der Waals surface area contributed by atoms with Gasteiger partial charge in [-0.15, -0.1) is 0 Å². The van der Waals surface area contributed by atoms with E-state index in [1.807, 2.05) is 30.1 Å². The molecule has 5 nitrogen and oxygen atoms in total. The number of piperazine rings is 1. The zero-order chi connectivity index (χ0) is 23.2. The van der Waals surface area contributed by atoms with Crippen LogP contribution in [0.5, 0.6) is 0 Å². The number of alkyl halides is 6. The minimum Gasteiger partial charge on any atom is -0.426 e. The quantitative estimate of drug-likeness (QED) is 0.441. The van der Waals surface area contributed by atoms with Gasteiger partial charge < -0.3 is 14.5 Å². The molecule has 0 N–H and O–H groups in total. The van der Waals surface area contributed by atoms with Gasteiger partial charge in [-0.05, 0) is 25.3 Å². The second-order valence-electron chi connectivity index (χ2n) is 7.47. The standard InChI is InChI=1S/C20H27F6N3O2/c1-3-4-7-16(15(2)28-8-5-6-9-28)14-27-10-12-29(13-11-27)18(30)31-17(19(21,22)23)20(24,25)26/h3-4,7,17H,2,5-6,8-14H2,1H3. The number of rotatable bonds is 6. The summed E-state index contributed by atoms with van der Waals surface area (Å²) in [5.41, 5.74) is 1.88. The monoisotopic (exact) mass is 455 g/mol. The third kappa shape index (κ3) is 7.19. The van der Waals surface area contributed by atoms with Crippen molar-refractivity contribution in [1.29, 1.82) is 0 Å². The number of hydrogen-bond donors (Lipinski definition) is 0. The number of amides is 1. The van der Waals surface area contributed by atoms with Crippen LogP contribution in [0, 0.1) is 0 Å². The topological polar surface area (TPSA) is 36.0 Å². The molecule has 2 saturated heterocycles. The van der Waals surface area contributed by atoms with Gasteiger partial charge in [0.15, 0.2) is 0 Å². The molecule has 2 fully saturated rings. The summed E-state index contributed by atoms with van der Waals surface area (Å²) in [6.07, 6.45) is -9.31. The Morgan fingerprint density at radius 1 is 0.968 bits per heavy atom. The maximum absolute atomic E-state index is 12.6. The van der Waals surface area contributed by atoms with E-state index in [-0.39, 0.29) is 26.2 Å². The van der Waals surface area contributed by atoms with E-state index in [9.17, 15) is 31.1 Å². The zero-order valence-corrected chi connectivity index (χ0v) is 17.3. The van der Waals surface area contributed by atoms with Gasteiger partial charge >= 0.3 is 18.4 Å². The van der Waals surface area contributed by atoms with Crippen molar-refractivity contribution in [2.24, 2.45) is 0 Å². The molecule has 0 radical (unpaired) electrons. The van der Waals surface area contributed by atoms with Crippen LogP contribution < -0.4 is 0 Å². The van der Waals surface area contributed by atoms with Crippen LogP contribution in [0.25, 0.3) is 0 Å². The third-order valence-electron chi connectivity index (χ3n) is 5.19. The molecule has 0 bridgehead atoms. The van der Waals surface area contributed by atoms with Crippen molar-refractivity contribution in [3.05, 3.63) is 36.1 Å². The van der Waals surface area contributed by atoms with Crippen molar-refractivity contribution in [2.45, 2.75) is 38.2 Å². The molecule has 0 saturated carbocycles. The Balaban J connectivity index is 1.94. The first-order valence-electron chi connectivity index (χ1n) is 10.0. The van der Waals surface area contributed by atoms with Crippen molar-refractivity contribution < 1.29 is 35.9 Å². The lowest BCUT2D eigenvalue weighted by Crippen LogP contribution is -2.53. The Kier molecular flexibility index (Phi) is 8.44. The van der Waals surface area contributed by atoms with Crippen LogP contribution in [0.1, 0.15) is 19.8 Å². The number of carbonyl (C=O) groups is 1. The maximum atomic E-state index is 12.6. The van der Waals surface area contributed by atoms with E-state index in [1.165, 1.54) is 0 Å². The van der Waals surface area contributed by atoms with Gasteiger partial charge in [-0.3, -0.25) is 4.90 Å². The Morgan fingerprint density at radius 2 is 1.52 bits per heavy atom. The number of allylic oxidation sites excluding steroid dienone is 3. The van der Waals surface area contributed by atoms with Gasteiger partial charge in [0.05, 0.1) is 0 Å². The normalized spacial score (nSPS) is 19.5. The van der Waals surface area contributed by atoms with Crippen LogP contribution in [-0.4, -0.2) is 85.1 Å². The second-order valence-corrected chi connectivity index (χ2v) is 7.47. The summed E-state index contributed by atoms with van der Waals surface area (Å²) in [5, 5.41) is 0. The molecule has 2 aliphatic rings. The van der Waals surface area contributed by atoms with Gasteiger partial charge in [-0.1, -0.05) is 24.8 Å². The minimum atomic E-state index is -5.72. The average Bonchev–Trinajstić information content (AvgIpc) is 3.22. The molecular weight excluding hydrogens is 428 g/mol. The minimum absolute atomic E-state index is 0.0334. The fraction of sp³-hybridized carbons (Fsp3) is 0.650. The highest BCUT2D eigenvalue weighted by atomic mass is 19.4. The molecule has 2 rings (SSSR count). The average molecular weight is 455 g/mol. The summed E-state index contributed by atoms with van der Waals surface area (Å²) in [6, 6.07) is 0. The van der Waals surface area contributed by atoms with Crippen molar-refractivity contribution >= 4 is 6.09 Å². The number of likely N-dealkylation sites (tertiary alicyclic amines) is 1. The molecule has 0 aromatic rings. The highest BCUT2D eigenvalue weighted by Gasteiger charge is 2.60. The molecule has 0 atom stereocenters. The van der Waals surface area contributed by atoms with E-state index in [0.717, 1.165) is 42.1 Å². The Bertz CT molecular complexity index is 674. The Hall–Kier alpha value is -2.17. The first-order chi connectivity index (χ1) is 14.4. The Labute approximate surface area is 177 Å². The van der Waals surface area contributed by atoms with Crippen LogP contribution in [0.3, 0.4) is 0 Å². The number of hydrogen-bond acceptors (Lipinski definition) is 4. The molecule has 31 heavy (non-hydrogen) atoms. The molecule has 0 aromatic heterocycles. The van der Waals surface area contributed by atoms with E-state index in [1.54, 1.807) is 0 Å². The van der Waals surface area contributed by atoms with Crippen LogP contribution in [-0.2, 0) is 4.74 Å². The summed E-state index contributed by atoms with van der Waals surface area (Å²) in [4.78, 5) is 16.9. The summed E-state index contributed by atoms with van der Waals surface area (Å²) < 4.78 is 79.4. The summed E-state index contributed by atoms with van der Waals surface area (Å²) in [5.74, 6) is 0. The molecular formula is C20H27F6N3O2. The van der Waals surface area contributed by atoms with Crippen molar-refractivity contribution in [2.75, 3.05) is 45.8 Å². The predicted octanol–water partition coefficient (Wildman–Crippen LogP) is 4.35. The van der Waals surface area contributed by atoms with Crippen LogP contribution >= 0.6 is 0 Å². The third-order valence-corrected chi connectivity index (χ3v) is 5.19. The van der Waals surface area contributed by atoms with Crippen molar-refractivity contribution in [3.8, 4) is 0 Å². The maximum Gasteiger partial charge on any atom is 0.434 e. The van der Waals surface area contributed by atoms with Crippen molar-refractivity contribution in [1.82, 2.24) is 14.7 Å². The fourth-order valence-corrected chi connectivity index (χ4v) is 3.47. The molecule has 2 heterocycles. The van der Waals surface area contributed by atoms with Gasteiger partial charge in [-0.25, -0.2) is 4.79 Å². The first kappa shape index (κ1) is 25.1. The highest BCUT2D eigenvalue weighted by molar-refractivity contribution is 5.68. The van der Waals surface area contributed by atoms with E-state index in [2.05, 4.69) is 16.2 Å². The lowest BCUT2D eigenvalue weighted by atomic mass is 10.1. The summed E-state index contributed by atoms with van der Waals surface area (Å²) >= 11 is 0. The van der Waals surface area contributed by atoms with Crippen molar-refractivity contribution in [3.63, 3.8) is 0 Å². The fourth-order valence-electron chi connectivity index (χ4n) is 3.47. The van der Waals surface area contributed by atoms with Gasteiger partial charge in [0, 0.05) is 51.5 Å². The smallest absolute Gasteiger partial charge is 0.426 e. The lowest BCUT2D eigenvalue weighted by molar-refractivity contribution is -0.308. The number of halogens is 6. The van der Waals surface area contributed by atoms with E-state index < -0.39 is 24.5 Å². The SMILES string of the molecule is C=C(C(=CC=CC)CN1CCN(C(=O)OC(C(F)(F)F)C(F)(F)F)CC1)N1CCCC1. The number of nitrogens with zero attached hydrogens (tertiary/aromatic N) is 3. The lowest BCUT2D eigenvalue weighted by Gasteiger charge is -2.36. The molecule has 0 unspecified atom stereocenters. The molecule has 0 spiro atoms. The zero-order valence-electron chi connectivity index (χ0n) is 17.3. The van der Waals surface area contributed by atoms with Gasteiger partial charge in [0.2, 0.25) is 0 Å². The van der Waals surface area contributed by atoms with E-state index in [0.29, 0.717) is 6.54 Å². The van der Waals surface area contributed by atoms with E-state index in [4.69, 9.17) is 0 Å². The second kappa shape index (κ2) is 10.4.